The number of rotatable bonds is 6. The summed E-state index contributed by atoms with van der Waals surface area (Å²) in [5, 5.41) is 2.63. The third kappa shape index (κ3) is 5.39. The summed E-state index contributed by atoms with van der Waals surface area (Å²) in [5.41, 5.74) is 2.36. The van der Waals surface area contributed by atoms with Gasteiger partial charge in [0, 0.05) is 5.56 Å². The standard InChI is InChI=1S/C17H23NO5/c1-10-6-11(2)8-13(7-10)15(19)18-14(17(21)23-5)9-12(3)16(20)22-4/h6-8,12,14H,9H2,1-5H3,(H,18,19)/t12-,14-/m0/s1. The Hall–Kier alpha value is -2.37. The zero-order valence-corrected chi connectivity index (χ0v) is 14.1. The molecule has 1 amide bonds. The molecule has 1 aromatic carbocycles. The number of hydrogen-bond acceptors (Lipinski definition) is 5. The minimum Gasteiger partial charge on any atom is -0.469 e. The van der Waals surface area contributed by atoms with E-state index in [2.05, 4.69) is 10.1 Å². The second kappa shape index (κ2) is 8.31. The van der Waals surface area contributed by atoms with E-state index < -0.39 is 23.9 Å². The van der Waals surface area contributed by atoms with E-state index in [1.54, 1.807) is 19.1 Å². The first-order valence-electron chi connectivity index (χ1n) is 7.33. The number of methoxy groups -OCH3 is 2. The largest absolute Gasteiger partial charge is 0.469 e. The molecule has 1 N–H and O–H groups in total. The molecule has 0 spiro atoms. The number of carbonyl (C=O) groups is 3. The quantitative estimate of drug-likeness (QED) is 0.808. The van der Waals surface area contributed by atoms with Crippen molar-refractivity contribution in [2.45, 2.75) is 33.2 Å². The lowest BCUT2D eigenvalue weighted by atomic mass is 10.0. The van der Waals surface area contributed by atoms with Gasteiger partial charge in [-0.2, -0.15) is 0 Å². The van der Waals surface area contributed by atoms with Crippen LogP contribution in [0.25, 0.3) is 0 Å². The van der Waals surface area contributed by atoms with Crippen molar-refractivity contribution >= 4 is 17.8 Å². The molecule has 0 aliphatic heterocycles. The maximum atomic E-state index is 12.4. The van der Waals surface area contributed by atoms with E-state index in [0.29, 0.717) is 5.56 Å². The van der Waals surface area contributed by atoms with Gasteiger partial charge in [0.05, 0.1) is 20.1 Å². The van der Waals surface area contributed by atoms with Crippen LogP contribution in [0.3, 0.4) is 0 Å². The van der Waals surface area contributed by atoms with Crippen LogP contribution >= 0.6 is 0 Å². The Kier molecular flexibility index (Phi) is 6.75. The number of benzene rings is 1. The molecule has 6 nitrogen and oxygen atoms in total. The van der Waals surface area contributed by atoms with Gasteiger partial charge in [0.2, 0.25) is 0 Å². The van der Waals surface area contributed by atoms with E-state index >= 15 is 0 Å². The number of carbonyl (C=O) groups excluding carboxylic acids is 3. The molecule has 0 bridgehead atoms. The maximum absolute atomic E-state index is 12.4. The SMILES string of the molecule is COC(=O)[C@H](C[C@H](C)C(=O)OC)NC(=O)c1cc(C)cc(C)c1. The molecule has 0 radical (unpaired) electrons. The number of ether oxygens (including phenoxy) is 2. The molecule has 0 fully saturated rings. The van der Waals surface area contributed by atoms with Crippen molar-refractivity contribution in [3.8, 4) is 0 Å². The second-order valence-electron chi connectivity index (χ2n) is 5.59. The molecule has 0 aliphatic rings. The zero-order valence-electron chi connectivity index (χ0n) is 14.1. The lowest BCUT2D eigenvalue weighted by Crippen LogP contribution is -2.43. The summed E-state index contributed by atoms with van der Waals surface area (Å²) in [6, 6.07) is 4.51. The van der Waals surface area contributed by atoms with Crippen LogP contribution < -0.4 is 5.32 Å². The summed E-state index contributed by atoms with van der Waals surface area (Å²) in [4.78, 5) is 35.8. The molecule has 126 valence electrons. The first-order valence-corrected chi connectivity index (χ1v) is 7.33. The first-order chi connectivity index (χ1) is 10.8. The molecule has 1 rings (SSSR count). The summed E-state index contributed by atoms with van der Waals surface area (Å²) >= 11 is 0. The van der Waals surface area contributed by atoms with Crippen LogP contribution in [-0.2, 0) is 19.1 Å². The summed E-state index contributed by atoms with van der Waals surface area (Å²) in [7, 11) is 2.52. The molecule has 6 heteroatoms. The zero-order chi connectivity index (χ0) is 17.6. The summed E-state index contributed by atoms with van der Waals surface area (Å²) in [5.74, 6) is -1.97. The van der Waals surface area contributed by atoms with Crippen LogP contribution in [0.1, 0.15) is 34.8 Å². The van der Waals surface area contributed by atoms with E-state index in [9.17, 15) is 14.4 Å². The molecule has 0 unspecified atom stereocenters. The third-order valence-corrected chi connectivity index (χ3v) is 3.47. The molecule has 0 aliphatic carbocycles. The van der Waals surface area contributed by atoms with Crippen LogP contribution in [0.5, 0.6) is 0 Å². The smallest absolute Gasteiger partial charge is 0.328 e. The fourth-order valence-corrected chi connectivity index (χ4v) is 2.35. The summed E-state index contributed by atoms with van der Waals surface area (Å²) in [6.07, 6.45) is 0.107. The van der Waals surface area contributed by atoms with Crippen molar-refractivity contribution in [3.05, 3.63) is 34.9 Å². The van der Waals surface area contributed by atoms with Gasteiger partial charge in [0.1, 0.15) is 6.04 Å². The average Bonchev–Trinajstić information content (AvgIpc) is 2.51. The fourth-order valence-electron chi connectivity index (χ4n) is 2.35. The monoisotopic (exact) mass is 321 g/mol. The van der Waals surface area contributed by atoms with Crippen LogP contribution in [0.15, 0.2) is 18.2 Å². The topological polar surface area (TPSA) is 81.7 Å². The number of nitrogens with one attached hydrogen (secondary N) is 1. The highest BCUT2D eigenvalue weighted by Gasteiger charge is 2.27. The number of hydrogen-bond donors (Lipinski definition) is 1. The minimum absolute atomic E-state index is 0.107. The van der Waals surface area contributed by atoms with Gasteiger partial charge >= 0.3 is 11.9 Å². The third-order valence-electron chi connectivity index (χ3n) is 3.47. The lowest BCUT2D eigenvalue weighted by molar-refractivity contribution is -0.147. The summed E-state index contributed by atoms with van der Waals surface area (Å²) < 4.78 is 9.35. The Balaban J connectivity index is 2.90. The lowest BCUT2D eigenvalue weighted by Gasteiger charge is -2.19. The maximum Gasteiger partial charge on any atom is 0.328 e. The van der Waals surface area contributed by atoms with Crippen molar-refractivity contribution < 1.29 is 23.9 Å². The second-order valence-corrected chi connectivity index (χ2v) is 5.59. The van der Waals surface area contributed by atoms with Crippen LogP contribution in [0.2, 0.25) is 0 Å². The minimum atomic E-state index is -0.914. The highest BCUT2D eigenvalue weighted by atomic mass is 16.5. The Morgan fingerprint density at radius 3 is 2.00 bits per heavy atom. The molecule has 23 heavy (non-hydrogen) atoms. The molecule has 2 atom stereocenters. The molecule has 0 saturated heterocycles. The highest BCUT2D eigenvalue weighted by molar-refractivity contribution is 5.97. The molecular formula is C17H23NO5. The van der Waals surface area contributed by atoms with Gasteiger partial charge in [-0.15, -0.1) is 0 Å². The van der Waals surface area contributed by atoms with Crippen LogP contribution in [-0.4, -0.2) is 38.1 Å². The molecule has 0 saturated carbocycles. The molecule has 0 aromatic heterocycles. The Morgan fingerprint density at radius 2 is 1.52 bits per heavy atom. The van der Waals surface area contributed by atoms with E-state index in [4.69, 9.17) is 4.74 Å². The highest BCUT2D eigenvalue weighted by Crippen LogP contribution is 2.12. The van der Waals surface area contributed by atoms with Crippen molar-refractivity contribution in [1.29, 1.82) is 0 Å². The number of aryl methyl sites for hydroxylation is 2. The first kappa shape index (κ1) is 18.7. The Bertz CT molecular complexity index is 576. The summed E-state index contributed by atoms with van der Waals surface area (Å²) in [6.45, 7) is 5.41. The van der Waals surface area contributed by atoms with E-state index in [1.807, 2.05) is 19.9 Å². The number of esters is 2. The van der Waals surface area contributed by atoms with Gasteiger partial charge in [-0.25, -0.2) is 4.79 Å². The molecule has 1 aromatic rings. The van der Waals surface area contributed by atoms with E-state index in [-0.39, 0.29) is 12.3 Å². The van der Waals surface area contributed by atoms with Crippen molar-refractivity contribution in [3.63, 3.8) is 0 Å². The van der Waals surface area contributed by atoms with Crippen molar-refractivity contribution in [2.24, 2.45) is 5.92 Å². The van der Waals surface area contributed by atoms with Gasteiger partial charge in [-0.1, -0.05) is 24.1 Å². The van der Waals surface area contributed by atoms with E-state index in [1.165, 1.54) is 14.2 Å². The van der Waals surface area contributed by atoms with Crippen molar-refractivity contribution in [1.82, 2.24) is 5.32 Å². The van der Waals surface area contributed by atoms with Gasteiger partial charge in [0.15, 0.2) is 0 Å². The van der Waals surface area contributed by atoms with Crippen molar-refractivity contribution in [2.75, 3.05) is 14.2 Å². The van der Waals surface area contributed by atoms with Gasteiger partial charge in [-0.3, -0.25) is 9.59 Å². The number of amides is 1. The van der Waals surface area contributed by atoms with Crippen LogP contribution in [0.4, 0.5) is 0 Å². The van der Waals surface area contributed by atoms with E-state index in [0.717, 1.165) is 11.1 Å². The Labute approximate surface area is 136 Å². The van der Waals surface area contributed by atoms with Gasteiger partial charge in [0.25, 0.3) is 5.91 Å². The predicted molar refractivity (Wildman–Crippen MR) is 85.0 cm³/mol. The molecular weight excluding hydrogens is 298 g/mol. The Morgan fingerprint density at radius 1 is 1.00 bits per heavy atom. The normalized spacial score (nSPS) is 12.9. The average molecular weight is 321 g/mol. The predicted octanol–water partition coefficient (Wildman–Crippen LogP) is 1.77. The fraction of sp³-hybridized carbons (Fsp3) is 0.471. The van der Waals surface area contributed by atoms with Crippen LogP contribution in [0, 0.1) is 19.8 Å². The molecule has 0 heterocycles. The van der Waals surface area contributed by atoms with Gasteiger partial charge in [-0.05, 0) is 32.4 Å². The van der Waals surface area contributed by atoms with Gasteiger partial charge < -0.3 is 14.8 Å².